The standard InChI is InChI=1S/C17H19N3O.ClH/c1-2-5-13-10-14(8-7-12(13)4-1)19-17-18-11-15(20-17)16-6-3-9-21-16;/h3,6-10,15H,1-2,4-5,11H2,(H2,18,19,20);1H. The Balaban J connectivity index is 0.00000144. The minimum Gasteiger partial charge on any atom is -0.467 e. The zero-order valence-corrected chi connectivity index (χ0v) is 13.2. The van der Waals surface area contributed by atoms with E-state index in [4.69, 9.17) is 4.42 Å². The molecule has 2 aromatic rings. The van der Waals surface area contributed by atoms with Crippen molar-refractivity contribution < 1.29 is 4.42 Å². The van der Waals surface area contributed by atoms with Gasteiger partial charge in [-0.05, 0) is 61.1 Å². The molecular weight excluding hydrogens is 298 g/mol. The molecule has 2 heterocycles. The Morgan fingerprint density at radius 1 is 1.14 bits per heavy atom. The van der Waals surface area contributed by atoms with E-state index in [2.05, 4.69) is 33.8 Å². The average Bonchev–Trinajstić information content (AvgIpc) is 3.18. The third-order valence-corrected chi connectivity index (χ3v) is 4.24. The Morgan fingerprint density at radius 2 is 2.00 bits per heavy atom. The van der Waals surface area contributed by atoms with E-state index in [0.717, 1.165) is 17.4 Å². The highest BCUT2D eigenvalue weighted by Gasteiger charge is 2.21. The first kappa shape index (κ1) is 15.0. The van der Waals surface area contributed by atoms with Gasteiger partial charge >= 0.3 is 0 Å². The van der Waals surface area contributed by atoms with Gasteiger partial charge in [0.25, 0.3) is 0 Å². The Kier molecular flexibility index (Phi) is 4.39. The van der Waals surface area contributed by atoms with E-state index in [9.17, 15) is 0 Å². The molecule has 2 N–H and O–H groups in total. The SMILES string of the molecule is Cl.c1coc(C2CN=C(Nc3ccc4c(c3)CCCC4)N2)c1. The van der Waals surface area contributed by atoms with Gasteiger partial charge in [0, 0.05) is 5.69 Å². The van der Waals surface area contributed by atoms with Crippen LogP contribution in [0.1, 0.15) is 35.8 Å². The lowest BCUT2D eigenvalue weighted by Crippen LogP contribution is -2.29. The molecule has 0 bridgehead atoms. The number of hydrogen-bond acceptors (Lipinski definition) is 4. The lowest BCUT2D eigenvalue weighted by molar-refractivity contribution is 0.461. The van der Waals surface area contributed by atoms with Crippen molar-refractivity contribution in [3.05, 3.63) is 53.5 Å². The highest BCUT2D eigenvalue weighted by atomic mass is 35.5. The van der Waals surface area contributed by atoms with Gasteiger partial charge < -0.3 is 15.1 Å². The first-order valence-electron chi connectivity index (χ1n) is 7.62. The van der Waals surface area contributed by atoms with Crippen molar-refractivity contribution in [2.45, 2.75) is 31.7 Å². The summed E-state index contributed by atoms with van der Waals surface area (Å²) in [5.74, 6) is 1.76. The van der Waals surface area contributed by atoms with Crippen LogP contribution in [0.25, 0.3) is 0 Å². The fourth-order valence-electron chi connectivity index (χ4n) is 3.11. The molecule has 0 spiro atoms. The van der Waals surface area contributed by atoms with E-state index in [0.29, 0.717) is 6.54 Å². The Hall–Kier alpha value is -1.94. The molecule has 4 rings (SSSR count). The lowest BCUT2D eigenvalue weighted by Gasteiger charge is -2.17. The maximum Gasteiger partial charge on any atom is 0.196 e. The predicted octanol–water partition coefficient (Wildman–Crippen LogP) is 3.69. The van der Waals surface area contributed by atoms with Crippen LogP contribution >= 0.6 is 12.4 Å². The second-order valence-electron chi connectivity index (χ2n) is 5.72. The van der Waals surface area contributed by atoms with Crippen LogP contribution in [0, 0.1) is 0 Å². The van der Waals surface area contributed by atoms with E-state index in [-0.39, 0.29) is 18.4 Å². The molecule has 1 aromatic carbocycles. The van der Waals surface area contributed by atoms with Crippen molar-refractivity contribution in [1.29, 1.82) is 0 Å². The molecule has 0 saturated carbocycles. The van der Waals surface area contributed by atoms with Crippen molar-refractivity contribution in [1.82, 2.24) is 5.32 Å². The van der Waals surface area contributed by atoms with E-state index >= 15 is 0 Å². The number of anilines is 1. The number of aryl methyl sites for hydroxylation is 2. The largest absolute Gasteiger partial charge is 0.467 e. The number of nitrogens with zero attached hydrogens (tertiary/aromatic N) is 1. The summed E-state index contributed by atoms with van der Waals surface area (Å²) in [5.41, 5.74) is 4.09. The quantitative estimate of drug-likeness (QED) is 0.888. The molecule has 0 saturated heterocycles. The summed E-state index contributed by atoms with van der Waals surface area (Å²) in [6.07, 6.45) is 6.73. The third-order valence-electron chi connectivity index (χ3n) is 4.24. The Bertz CT molecular complexity index is 667. The molecule has 1 atom stereocenters. The second-order valence-corrected chi connectivity index (χ2v) is 5.72. The molecule has 0 radical (unpaired) electrons. The summed E-state index contributed by atoms with van der Waals surface area (Å²) in [6.45, 7) is 0.709. The van der Waals surface area contributed by atoms with Crippen LogP contribution in [-0.2, 0) is 12.8 Å². The van der Waals surface area contributed by atoms with Crippen LogP contribution < -0.4 is 10.6 Å². The van der Waals surface area contributed by atoms with Crippen molar-refractivity contribution >= 4 is 24.1 Å². The molecule has 1 aromatic heterocycles. The zero-order valence-electron chi connectivity index (χ0n) is 12.3. The Morgan fingerprint density at radius 3 is 2.82 bits per heavy atom. The van der Waals surface area contributed by atoms with Crippen LogP contribution in [0.3, 0.4) is 0 Å². The van der Waals surface area contributed by atoms with Crippen LogP contribution in [0.5, 0.6) is 0 Å². The Labute approximate surface area is 136 Å². The van der Waals surface area contributed by atoms with Gasteiger partial charge in [0.2, 0.25) is 0 Å². The van der Waals surface area contributed by atoms with Gasteiger partial charge in [-0.3, -0.25) is 4.99 Å². The van der Waals surface area contributed by atoms with Gasteiger partial charge in [-0.2, -0.15) is 0 Å². The molecule has 1 unspecified atom stereocenters. The van der Waals surface area contributed by atoms with E-state index < -0.39 is 0 Å². The molecule has 0 fully saturated rings. The van der Waals surface area contributed by atoms with Crippen LogP contribution in [0.2, 0.25) is 0 Å². The zero-order chi connectivity index (χ0) is 14.1. The second kappa shape index (κ2) is 6.44. The maximum atomic E-state index is 5.43. The molecule has 5 heteroatoms. The number of fused-ring (bicyclic) bond motifs is 1. The summed E-state index contributed by atoms with van der Waals surface area (Å²) < 4.78 is 5.43. The monoisotopic (exact) mass is 317 g/mol. The highest BCUT2D eigenvalue weighted by molar-refractivity contribution is 5.95. The normalized spacial score (nSPS) is 19.6. The predicted molar refractivity (Wildman–Crippen MR) is 90.8 cm³/mol. The fraction of sp³-hybridized carbons (Fsp3) is 0.353. The molecule has 116 valence electrons. The average molecular weight is 318 g/mol. The molecular formula is C17H20ClN3O. The van der Waals surface area contributed by atoms with E-state index in [1.54, 1.807) is 6.26 Å². The van der Waals surface area contributed by atoms with Gasteiger partial charge in [0.05, 0.1) is 12.8 Å². The summed E-state index contributed by atoms with van der Waals surface area (Å²) >= 11 is 0. The number of hydrogen-bond donors (Lipinski definition) is 2. The lowest BCUT2D eigenvalue weighted by atomic mass is 9.91. The molecule has 1 aliphatic heterocycles. The van der Waals surface area contributed by atoms with Gasteiger partial charge in [0.1, 0.15) is 11.8 Å². The van der Waals surface area contributed by atoms with Crippen LogP contribution in [0.4, 0.5) is 5.69 Å². The number of furan rings is 1. The first-order valence-corrected chi connectivity index (χ1v) is 7.62. The summed E-state index contributed by atoms with van der Waals surface area (Å²) in [6, 6.07) is 10.7. The van der Waals surface area contributed by atoms with Crippen molar-refractivity contribution in [2.75, 3.05) is 11.9 Å². The summed E-state index contributed by atoms with van der Waals surface area (Å²) in [4.78, 5) is 4.51. The smallest absolute Gasteiger partial charge is 0.196 e. The van der Waals surface area contributed by atoms with Gasteiger partial charge in [-0.1, -0.05) is 6.07 Å². The topological polar surface area (TPSA) is 49.6 Å². The van der Waals surface area contributed by atoms with Gasteiger partial charge in [-0.15, -0.1) is 12.4 Å². The van der Waals surface area contributed by atoms with E-state index in [1.165, 1.54) is 36.8 Å². The number of guanidine groups is 1. The van der Waals surface area contributed by atoms with Crippen molar-refractivity contribution in [2.24, 2.45) is 4.99 Å². The van der Waals surface area contributed by atoms with Crippen molar-refractivity contribution in [3.63, 3.8) is 0 Å². The molecule has 22 heavy (non-hydrogen) atoms. The van der Waals surface area contributed by atoms with Crippen LogP contribution in [0.15, 0.2) is 46.0 Å². The maximum absolute atomic E-state index is 5.43. The minimum absolute atomic E-state index is 0. The number of aliphatic imine (C=N–C) groups is 1. The number of halogens is 1. The van der Waals surface area contributed by atoms with Crippen LogP contribution in [-0.4, -0.2) is 12.5 Å². The van der Waals surface area contributed by atoms with Gasteiger partial charge in [0.15, 0.2) is 5.96 Å². The van der Waals surface area contributed by atoms with Gasteiger partial charge in [-0.25, -0.2) is 0 Å². The van der Waals surface area contributed by atoms with Crippen molar-refractivity contribution in [3.8, 4) is 0 Å². The van der Waals surface area contributed by atoms with E-state index in [1.807, 2.05) is 12.1 Å². The molecule has 0 amide bonds. The number of nitrogens with one attached hydrogen (secondary N) is 2. The molecule has 1 aliphatic carbocycles. The molecule has 2 aliphatic rings. The molecule has 4 nitrogen and oxygen atoms in total. The first-order chi connectivity index (χ1) is 10.4. The summed E-state index contributed by atoms with van der Waals surface area (Å²) in [5, 5.41) is 6.75. The fourth-order valence-corrected chi connectivity index (χ4v) is 3.11. The highest BCUT2D eigenvalue weighted by Crippen LogP contribution is 2.25. The number of benzene rings is 1. The minimum atomic E-state index is 0. The third kappa shape index (κ3) is 2.97. The number of rotatable bonds is 2. The summed E-state index contributed by atoms with van der Waals surface area (Å²) in [7, 11) is 0.